The minimum atomic E-state index is -0.971. The van der Waals surface area contributed by atoms with E-state index < -0.39 is 5.97 Å². The Morgan fingerprint density at radius 2 is 1.95 bits per heavy atom. The molecule has 0 unspecified atom stereocenters. The van der Waals surface area contributed by atoms with Gasteiger partial charge in [-0.25, -0.2) is 0 Å². The third kappa shape index (κ3) is 4.13. The average Bonchev–Trinajstić information content (AvgIpc) is 2.46. The van der Waals surface area contributed by atoms with Crippen LogP contribution in [0, 0.1) is 0 Å². The molecule has 0 saturated heterocycles. The molecule has 2 rings (SSSR count). The van der Waals surface area contributed by atoms with Gasteiger partial charge < -0.3 is 15.7 Å². The minimum Gasteiger partial charge on any atom is -0.480 e. The van der Waals surface area contributed by atoms with Gasteiger partial charge in [0.2, 0.25) is 0 Å². The molecule has 1 aliphatic carbocycles. The van der Waals surface area contributed by atoms with Crippen LogP contribution in [0.5, 0.6) is 0 Å². The molecule has 0 saturated carbocycles. The zero-order valence-electron chi connectivity index (χ0n) is 11.4. The molecule has 0 bridgehead atoms. The topological polar surface area (TPSA) is 78.4 Å². The first kappa shape index (κ1) is 15.2. The maximum Gasteiger partial charge on any atom is 0.322 e. The van der Waals surface area contributed by atoms with Crippen LogP contribution in [0.15, 0.2) is 41.6 Å². The van der Waals surface area contributed by atoms with Crippen molar-refractivity contribution in [2.24, 2.45) is 0 Å². The molecule has 0 spiro atoms. The molecule has 0 radical (unpaired) electrons. The number of carboxylic acids is 1. The van der Waals surface area contributed by atoms with Gasteiger partial charge in [0.15, 0.2) is 5.78 Å². The Labute approximate surface area is 128 Å². The highest BCUT2D eigenvalue weighted by Crippen LogP contribution is 2.22. The smallest absolute Gasteiger partial charge is 0.322 e. The summed E-state index contributed by atoms with van der Waals surface area (Å²) in [6.07, 6.45) is 1.77. The van der Waals surface area contributed by atoms with E-state index in [1.54, 1.807) is 0 Å². The number of allylic oxidation sites excluding steroid dienone is 1. The number of ketones is 1. The van der Waals surface area contributed by atoms with E-state index in [2.05, 4.69) is 10.6 Å². The molecule has 3 N–H and O–H groups in total. The predicted octanol–water partition coefficient (Wildman–Crippen LogP) is 2.11. The number of hydrogen-bond acceptors (Lipinski definition) is 4. The first-order chi connectivity index (χ1) is 10.1. The Balaban J connectivity index is 2.19. The number of carbonyl (C=O) groups excluding carboxylic acids is 1. The van der Waals surface area contributed by atoms with Gasteiger partial charge in [-0.05, 0) is 25.0 Å². The van der Waals surface area contributed by atoms with Crippen molar-refractivity contribution in [2.75, 3.05) is 11.9 Å². The van der Waals surface area contributed by atoms with Crippen molar-refractivity contribution in [3.63, 3.8) is 0 Å². The van der Waals surface area contributed by atoms with E-state index >= 15 is 0 Å². The van der Waals surface area contributed by atoms with Crippen LogP contribution in [0.25, 0.3) is 0 Å². The van der Waals surface area contributed by atoms with E-state index in [0.29, 0.717) is 35.5 Å². The molecular formula is C15H16N2O3S. The summed E-state index contributed by atoms with van der Waals surface area (Å²) in [5.41, 5.74) is 1.81. The number of benzene rings is 1. The molecule has 1 aromatic rings. The van der Waals surface area contributed by atoms with Gasteiger partial charge in [0.1, 0.15) is 11.5 Å². The van der Waals surface area contributed by atoms with Crippen LogP contribution in [0.3, 0.4) is 0 Å². The van der Waals surface area contributed by atoms with Crippen LogP contribution in [0.2, 0.25) is 0 Å². The number of rotatable bonds is 5. The van der Waals surface area contributed by atoms with Crippen molar-refractivity contribution in [3.8, 4) is 0 Å². The van der Waals surface area contributed by atoms with Gasteiger partial charge in [0.25, 0.3) is 0 Å². The lowest BCUT2D eigenvalue weighted by molar-refractivity contribution is -0.135. The van der Waals surface area contributed by atoms with Gasteiger partial charge in [-0.15, -0.1) is 0 Å². The van der Waals surface area contributed by atoms with Crippen LogP contribution in [-0.4, -0.2) is 28.4 Å². The third-order valence-electron chi connectivity index (χ3n) is 3.12. The number of thiocarbonyl (C=S) groups is 1. The summed E-state index contributed by atoms with van der Waals surface area (Å²) in [5, 5.41) is 14.6. The fourth-order valence-corrected chi connectivity index (χ4v) is 2.54. The average molecular weight is 304 g/mol. The number of anilines is 1. The SMILES string of the molecule is O=C(O)CNC1=C(C(=S)Nc2ccccc2)C(=O)CCC1. The van der Waals surface area contributed by atoms with E-state index in [0.717, 1.165) is 5.69 Å². The summed E-state index contributed by atoms with van der Waals surface area (Å²) < 4.78 is 0. The quantitative estimate of drug-likeness (QED) is 0.723. The lowest BCUT2D eigenvalue weighted by atomic mass is 9.94. The maximum absolute atomic E-state index is 12.1. The van der Waals surface area contributed by atoms with Crippen LogP contribution >= 0.6 is 12.2 Å². The van der Waals surface area contributed by atoms with Crippen molar-refractivity contribution < 1.29 is 14.7 Å². The standard InChI is InChI=1S/C15H16N2O3S/c18-12-8-4-7-11(16-9-13(19)20)14(12)15(21)17-10-5-2-1-3-6-10/h1-3,5-6,16H,4,7-9H2,(H,17,21)(H,19,20). The Morgan fingerprint density at radius 3 is 2.62 bits per heavy atom. The van der Waals surface area contributed by atoms with E-state index in [1.807, 2.05) is 30.3 Å². The number of para-hydroxylation sites is 1. The van der Waals surface area contributed by atoms with Gasteiger partial charge in [0, 0.05) is 17.8 Å². The lowest BCUT2D eigenvalue weighted by Gasteiger charge is -2.21. The highest BCUT2D eigenvalue weighted by atomic mass is 32.1. The number of nitrogens with one attached hydrogen (secondary N) is 2. The van der Waals surface area contributed by atoms with Gasteiger partial charge in [-0.2, -0.15) is 0 Å². The molecule has 110 valence electrons. The Hall–Kier alpha value is -2.21. The van der Waals surface area contributed by atoms with E-state index in [4.69, 9.17) is 17.3 Å². The molecule has 0 amide bonds. The first-order valence-corrected chi connectivity index (χ1v) is 7.07. The van der Waals surface area contributed by atoms with E-state index in [-0.39, 0.29) is 12.3 Å². The third-order valence-corrected chi connectivity index (χ3v) is 3.43. The van der Waals surface area contributed by atoms with Crippen LogP contribution in [0.4, 0.5) is 5.69 Å². The molecule has 5 nitrogen and oxygen atoms in total. The van der Waals surface area contributed by atoms with Gasteiger partial charge in [0.05, 0.1) is 5.57 Å². The molecule has 1 aromatic carbocycles. The molecule has 6 heteroatoms. The monoisotopic (exact) mass is 304 g/mol. The lowest BCUT2D eigenvalue weighted by Crippen LogP contribution is -2.31. The van der Waals surface area contributed by atoms with Crippen molar-refractivity contribution >= 4 is 34.6 Å². The highest BCUT2D eigenvalue weighted by molar-refractivity contribution is 7.81. The normalized spacial score (nSPS) is 14.8. The first-order valence-electron chi connectivity index (χ1n) is 6.66. The van der Waals surface area contributed by atoms with E-state index in [9.17, 15) is 9.59 Å². The summed E-state index contributed by atoms with van der Waals surface area (Å²) in [4.78, 5) is 23.1. The van der Waals surface area contributed by atoms with Crippen molar-refractivity contribution in [1.82, 2.24) is 5.32 Å². The number of hydrogen-bond donors (Lipinski definition) is 3. The molecule has 1 aliphatic rings. The highest BCUT2D eigenvalue weighted by Gasteiger charge is 2.24. The summed E-state index contributed by atoms with van der Waals surface area (Å²) in [6.45, 7) is -0.222. The zero-order valence-corrected chi connectivity index (χ0v) is 12.2. The Bertz CT molecular complexity index is 596. The van der Waals surface area contributed by atoms with Gasteiger partial charge in [-0.3, -0.25) is 9.59 Å². The Kier molecular flexibility index (Phi) is 5.05. The predicted molar refractivity (Wildman–Crippen MR) is 84.2 cm³/mol. The number of carboxylic acid groups (broad SMARTS) is 1. The second-order valence-electron chi connectivity index (χ2n) is 4.70. The number of carbonyl (C=O) groups is 2. The van der Waals surface area contributed by atoms with Gasteiger partial charge >= 0.3 is 5.97 Å². The molecule has 0 aliphatic heterocycles. The second kappa shape index (κ2) is 6.99. The van der Waals surface area contributed by atoms with Crippen LogP contribution < -0.4 is 10.6 Å². The fraction of sp³-hybridized carbons (Fsp3) is 0.267. The Morgan fingerprint density at radius 1 is 1.24 bits per heavy atom. The summed E-state index contributed by atoms with van der Waals surface area (Å²) in [7, 11) is 0. The molecular weight excluding hydrogens is 288 g/mol. The zero-order chi connectivity index (χ0) is 15.2. The summed E-state index contributed by atoms with van der Waals surface area (Å²) in [6, 6.07) is 9.32. The van der Waals surface area contributed by atoms with E-state index in [1.165, 1.54) is 0 Å². The minimum absolute atomic E-state index is 0.0532. The second-order valence-corrected chi connectivity index (χ2v) is 5.11. The van der Waals surface area contributed by atoms with Crippen molar-refractivity contribution in [3.05, 3.63) is 41.6 Å². The van der Waals surface area contributed by atoms with Crippen molar-refractivity contribution in [2.45, 2.75) is 19.3 Å². The molecule has 0 fully saturated rings. The molecule has 21 heavy (non-hydrogen) atoms. The fourth-order valence-electron chi connectivity index (χ4n) is 2.18. The van der Waals surface area contributed by atoms with Gasteiger partial charge in [-0.1, -0.05) is 30.4 Å². The number of Topliss-reactive ketones (excluding diaryl/α,β-unsaturated/α-hetero) is 1. The summed E-state index contributed by atoms with van der Waals surface area (Å²) in [5.74, 6) is -1.02. The largest absolute Gasteiger partial charge is 0.480 e. The number of aliphatic carboxylic acids is 1. The summed E-state index contributed by atoms with van der Waals surface area (Å²) >= 11 is 5.31. The maximum atomic E-state index is 12.1. The van der Waals surface area contributed by atoms with Crippen molar-refractivity contribution in [1.29, 1.82) is 0 Å². The van der Waals surface area contributed by atoms with Crippen LogP contribution in [-0.2, 0) is 9.59 Å². The molecule has 0 heterocycles. The van der Waals surface area contributed by atoms with Crippen LogP contribution in [0.1, 0.15) is 19.3 Å². The molecule has 0 aromatic heterocycles. The molecule has 0 atom stereocenters.